The molecule has 0 spiro atoms. The number of aromatic nitrogens is 1. The maximum atomic E-state index is 14.5. The molecular formula is C44H54N4O8. The van der Waals surface area contributed by atoms with E-state index in [1.54, 1.807) is 7.11 Å². The summed E-state index contributed by atoms with van der Waals surface area (Å²) in [6.07, 6.45) is 2.32. The Morgan fingerprint density at radius 1 is 1.05 bits per heavy atom. The third-order valence-electron chi connectivity index (χ3n) is 12.5. The van der Waals surface area contributed by atoms with Gasteiger partial charge in [-0.3, -0.25) is 19.4 Å². The molecular weight excluding hydrogens is 713 g/mol. The number of ether oxygens (including phenoxy) is 4. The van der Waals surface area contributed by atoms with E-state index in [2.05, 4.69) is 40.0 Å². The number of esters is 1. The van der Waals surface area contributed by atoms with E-state index in [1.165, 1.54) is 0 Å². The van der Waals surface area contributed by atoms with Crippen LogP contribution in [0.2, 0.25) is 0 Å². The normalized spacial score (nSPS) is 23.3. The zero-order valence-corrected chi connectivity index (χ0v) is 33.6. The molecule has 1 unspecified atom stereocenters. The second-order valence-corrected chi connectivity index (χ2v) is 16.8. The number of aromatic amines is 1. The number of rotatable bonds is 9. The predicted octanol–water partition coefficient (Wildman–Crippen LogP) is 5.83. The fourth-order valence-corrected chi connectivity index (χ4v) is 10.1. The lowest BCUT2D eigenvalue weighted by molar-refractivity contribution is -0.177. The Bertz CT molecular complexity index is 2210. The zero-order valence-electron chi connectivity index (χ0n) is 33.6. The van der Waals surface area contributed by atoms with Gasteiger partial charge in [0.1, 0.15) is 11.8 Å². The molecule has 0 radical (unpaired) electrons. The fourth-order valence-electron chi connectivity index (χ4n) is 10.1. The van der Waals surface area contributed by atoms with E-state index in [4.69, 9.17) is 18.9 Å². The number of hydrogen-bond donors (Lipinski definition) is 4. The molecule has 2 bridgehead atoms. The van der Waals surface area contributed by atoms with Crippen LogP contribution in [-0.2, 0) is 33.6 Å². The number of aliphatic hydroxyl groups is 1. The fraction of sp³-hybridized carbons (Fsp3) is 0.500. The molecule has 1 fully saturated rings. The standard InChI is InChI=1S/C44H54N4O8/c1-9-47-32-16-25-14-22(2)39(53-8)38(50)35(25)37(47)31-18-29-23(3)24(4)40-41(55-21-54-40)36(29)33(48(31)43(32)52)20-46-42(51)26(17-34(49)56-44(5,6)7)15-27-19-45-30-13-11-10-12-28(27)30/h10-14,19,26,31-33,37,43,45,50,52H,9,15-18,20-21H2,1-8H3,(H,46,51)/t26-,31?,32+,33+,37+,43+/m1/s1. The molecule has 12 heteroatoms. The van der Waals surface area contributed by atoms with Crippen LogP contribution in [0.5, 0.6) is 23.0 Å². The monoisotopic (exact) mass is 766 g/mol. The summed E-state index contributed by atoms with van der Waals surface area (Å²) >= 11 is 0. The van der Waals surface area contributed by atoms with Crippen LogP contribution in [0.3, 0.4) is 0 Å². The average molecular weight is 767 g/mol. The van der Waals surface area contributed by atoms with Gasteiger partial charge >= 0.3 is 5.97 Å². The van der Waals surface area contributed by atoms with Crippen LogP contribution < -0.4 is 19.5 Å². The highest BCUT2D eigenvalue weighted by atomic mass is 16.7. The molecule has 0 aliphatic carbocycles. The number of para-hydroxylation sites is 1. The maximum absolute atomic E-state index is 14.5. The number of phenolic OH excluding ortho intramolecular Hbond substituents is 1. The van der Waals surface area contributed by atoms with Gasteiger partial charge in [0.05, 0.1) is 37.6 Å². The van der Waals surface area contributed by atoms with E-state index in [1.807, 2.05) is 65.1 Å². The number of aliphatic hydroxyl groups excluding tert-OH is 1. The van der Waals surface area contributed by atoms with Crippen LogP contribution in [0, 0.1) is 26.7 Å². The number of piperazine rings is 1. The second-order valence-electron chi connectivity index (χ2n) is 16.8. The molecule has 12 nitrogen and oxygen atoms in total. The molecule has 1 saturated heterocycles. The number of amides is 1. The van der Waals surface area contributed by atoms with E-state index in [0.29, 0.717) is 43.1 Å². The van der Waals surface area contributed by atoms with Crippen molar-refractivity contribution in [1.29, 1.82) is 0 Å². The summed E-state index contributed by atoms with van der Waals surface area (Å²) in [6, 6.07) is 8.65. The van der Waals surface area contributed by atoms with Crippen molar-refractivity contribution in [3.05, 3.63) is 81.0 Å². The molecule has 6 atom stereocenters. The van der Waals surface area contributed by atoms with Crippen LogP contribution in [0.15, 0.2) is 36.5 Å². The summed E-state index contributed by atoms with van der Waals surface area (Å²) in [6.45, 7) is 14.5. The van der Waals surface area contributed by atoms with Crippen LogP contribution >= 0.6 is 0 Å². The number of carbonyl (C=O) groups excluding carboxylic acids is 2. The van der Waals surface area contributed by atoms with Gasteiger partial charge in [-0.05, 0) is 107 Å². The van der Waals surface area contributed by atoms with E-state index in [-0.39, 0.29) is 49.5 Å². The van der Waals surface area contributed by atoms with Gasteiger partial charge in [-0.25, -0.2) is 0 Å². The Labute approximate surface area is 328 Å². The molecule has 5 heterocycles. The van der Waals surface area contributed by atoms with Gasteiger partial charge in [-0.15, -0.1) is 0 Å². The Balaban J connectivity index is 1.20. The van der Waals surface area contributed by atoms with Crippen LogP contribution in [0.4, 0.5) is 0 Å². The van der Waals surface area contributed by atoms with Crippen molar-refractivity contribution in [1.82, 2.24) is 20.1 Å². The zero-order chi connectivity index (χ0) is 39.8. The summed E-state index contributed by atoms with van der Waals surface area (Å²) in [4.78, 5) is 35.6. The molecule has 4 aliphatic heterocycles. The average Bonchev–Trinajstić information content (AvgIpc) is 3.81. The highest BCUT2D eigenvalue weighted by Gasteiger charge is 2.56. The minimum atomic E-state index is -0.910. The Hall–Kier alpha value is -4.78. The lowest BCUT2D eigenvalue weighted by Crippen LogP contribution is -2.70. The summed E-state index contributed by atoms with van der Waals surface area (Å²) in [5, 5.41) is 28.7. The molecule has 0 saturated carbocycles. The van der Waals surface area contributed by atoms with Crippen molar-refractivity contribution in [3.8, 4) is 23.0 Å². The minimum absolute atomic E-state index is 0.0783. The number of carbonyl (C=O) groups is 2. The summed E-state index contributed by atoms with van der Waals surface area (Å²) in [5.74, 6) is 0.457. The van der Waals surface area contributed by atoms with Crippen LogP contribution in [0.25, 0.3) is 10.9 Å². The number of phenols is 1. The van der Waals surface area contributed by atoms with Crippen molar-refractivity contribution in [2.24, 2.45) is 5.92 Å². The number of H-pyrrole nitrogens is 1. The molecule has 298 valence electrons. The maximum Gasteiger partial charge on any atom is 0.307 e. The van der Waals surface area contributed by atoms with Crippen molar-refractivity contribution < 1.29 is 38.7 Å². The van der Waals surface area contributed by atoms with Gasteiger partial charge in [0.25, 0.3) is 0 Å². The summed E-state index contributed by atoms with van der Waals surface area (Å²) < 4.78 is 23.7. The number of hydrogen-bond acceptors (Lipinski definition) is 10. The number of likely N-dealkylation sites (N-methyl/N-ethyl adjacent to an activating group) is 1. The molecule has 3 aromatic carbocycles. The summed E-state index contributed by atoms with van der Waals surface area (Å²) in [7, 11) is 1.58. The molecule has 4 N–H and O–H groups in total. The van der Waals surface area contributed by atoms with Crippen LogP contribution in [-0.4, -0.2) is 87.8 Å². The first kappa shape index (κ1) is 38.1. The number of aromatic hydroxyl groups is 1. The lowest BCUT2D eigenvalue weighted by Gasteiger charge is -2.61. The SMILES string of the molecule is CCN1[C@@H]2c3c(cc(C)c(OC)c3O)C[C@H]1[C@H](O)N1C2Cc2c(C)c(C)c3c(c2[C@@H]1CNC(=O)[C@@H](CC(=O)OC(C)(C)C)Cc1c[nH]c2ccccc12)OCO3. The number of fused-ring (bicyclic) bond motifs is 10. The number of nitrogens with zero attached hydrogens (tertiary/aromatic N) is 2. The van der Waals surface area contributed by atoms with Crippen molar-refractivity contribution in [3.63, 3.8) is 0 Å². The van der Waals surface area contributed by atoms with Gasteiger partial charge in [0.2, 0.25) is 12.7 Å². The quantitative estimate of drug-likeness (QED) is 0.154. The van der Waals surface area contributed by atoms with Gasteiger partial charge in [0.15, 0.2) is 23.0 Å². The molecule has 1 amide bonds. The Morgan fingerprint density at radius 3 is 2.54 bits per heavy atom. The molecule has 4 aromatic rings. The van der Waals surface area contributed by atoms with Crippen molar-refractivity contribution in [2.75, 3.05) is 27.0 Å². The molecule has 1 aromatic heterocycles. The number of aryl methyl sites for hydroxylation is 1. The van der Waals surface area contributed by atoms with Crippen molar-refractivity contribution in [2.45, 2.75) is 110 Å². The van der Waals surface area contributed by atoms with Crippen molar-refractivity contribution >= 4 is 22.8 Å². The molecule has 56 heavy (non-hydrogen) atoms. The van der Waals surface area contributed by atoms with Gasteiger partial charge in [0, 0.05) is 40.8 Å². The Kier molecular flexibility index (Phi) is 9.74. The van der Waals surface area contributed by atoms with Gasteiger partial charge in [-0.1, -0.05) is 31.2 Å². The van der Waals surface area contributed by atoms with Gasteiger partial charge < -0.3 is 39.5 Å². The van der Waals surface area contributed by atoms with E-state index in [0.717, 1.165) is 55.4 Å². The highest BCUT2D eigenvalue weighted by molar-refractivity contribution is 5.87. The third-order valence-corrected chi connectivity index (χ3v) is 12.5. The lowest BCUT2D eigenvalue weighted by atomic mass is 9.72. The van der Waals surface area contributed by atoms with E-state index >= 15 is 0 Å². The third kappa shape index (κ3) is 6.26. The molecule has 8 rings (SSSR count). The molecule has 4 aliphatic rings. The summed E-state index contributed by atoms with van der Waals surface area (Å²) in [5.41, 5.74) is 7.91. The second kappa shape index (κ2) is 14.3. The number of benzene rings is 3. The smallest absolute Gasteiger partial charge is 0.307 e. The van der Waals surface area contributed by atoms with E-state index < -0.39 is 29.8 Å². The first-order chi connectivity index (χ1) is 26.7. The first-order valence-electron chi connectivity index (χ1n) is 19.8. The predicted molar refractivity (Wildman–Crippen MR) is 211 cm³/mol. The Morgan fingerprint density at radius 2 is 1.80 bits per heavy atom. The highest BCUT2D eigenvalue weighted by Crippen LogP contribution is 2.57. The van der Waals surface area contributed by atoms with Crippen LogP contribution in [0.1, 0.15) is 90.7 Å². The van der Waals surface area contributed by atoms with Gasteiger partial charge in [-0.2, -0.15) is 0 Å². The number of methoxy groups -OCH3 is 1. The topological polar surface area (TPSA) is 146 Å². The van der Waals surface area contributed by atoms with E-state index in [9.17, 15) is 19.8 Å². The number of nitrogens with one attached hydrogen (secondary N) is 2. The minimum Gasteiger partial charge on any atom is -0.504 e. The first-order valence-corrected chi connectivity index (χ1v) is 19.8. The largest absolute Gasteiger partial charge is 0.504 e.